The molecule has 0 aliphatic carbocycles. The maximum absolute atomic E-state index is 2.42. The number of hydrogen-bond donors (Lipinski definition) is 0. The lowest BCUT2D eigenvalue weighted by molar-refractivity contribution is 0.590. The number of para-hydroxylation sites is 4. The molecule has 0 saturated carbocycles. The molecule has 0 atom stereocenters. The predicted molar refractivity (Wildman–Crippen MR) is 300 cm³/mol. The van der Waals surface area contributed by atoms with Crippen molar-refractivity contribution in [1.82, 2.24) is 13.7 Å². The molecule has 0 radical (unpaired) electrons. The number of thiophene rings is 1. The highest BCUT2D eigenvalue weighted by molar-refractivity contribution is 7.25. The monoisotopic (exact) mass is 901 g/mol. The minimum absolute atomic E-state index is 0. The maximum Gasteiger partial charge on any atom is 0.0562 e. The summed E-state index contributed by atoms with van der Waals surface area (Å²) >= 11 is 1.88. The maximum atomic E-state index is 2.42. The molecule has 13 aromatic rings. The highest BCUT2D eigenvalue weighted by Crippen LogP contribution is 2.42. The quantitative estimate of drug-likeness (QED) is 0.168. The average molecular weight is 902 g/mol. The second-order valence-corrected chi connectivity index (χ2v) is 20.9. The summed E-state index contributed by atoms with van der Waals surface area (Å²) in [5.74, 6) is 0. The summed E-state index contributed by atoms with van der Waals surface area (Å²) in [7, 11) is 0. The standard InChI is InChI=1S/C34H28N2.C28H23NS.2CH4/c1-34(2,3)23-17-19-25(20-18-23)36-31-16-10-8-14-27(31)29-21-28-26-13-7-9-15-30(26)35(32(28)22-33(29)36)24-11-5-4-6-12-24;1-28(2,3)18-12-14-19(15-13-18)29-24-10-6-4-8-20(24)22-16-23-21-9-5-7-11-26(21)30-27(23)17-25(22)29;;/h4-22H,1-3H3;4-17H,1-3H3;2*1H4. The Labute approximate surface area is 404 Å². The highest BCUT2D eigenvalue weighted by Gasteiger charge is 2.21. The van der Waals surface area contributed by atoms with Gasteiger partial charge in [0, 0.05) is 69.6 Å². The zero-order chi connectivity index (χ0) is 44.9. The minimum atomic E-state index is 0. The summed E-state index contributed by atoms with van der Waals surface area (Å²) in [5, 5.41) is 10.5. The van der Waals surface area contributed by atoms with E-state index in [1.807, 2.05) is 11.3 Å². The van der Waals surface area contributed by atoms with E-state index in [0.717, 1.165) is 0 Å². The topological polar surface area (TPSA) is 14.8 Å². The van der Waals surface area contributed by atoms with Gasteiger partial charge in [0.2, 0.25) is 0 Å². The fourth-order valence-electron chi connectivity index (χ4n) is 10.3. The Morgan fingerprint density at radius 1 is 0.279 bits per heavy atom. The molecule has 0 aliphatic rings. The Morgan fingerprint density at radius 2 is 0.632 bits per heavy atom. The van der Waals surface area contributed by atoms with E-state index in [9.17, 15) is 0 Å². The lowest BCUT2D eigenvalue weighted by atomic mass is 9.87. The largest absolute Gasteiger partial charge is 0.309 e. The molecule has 13 rings (SSSR count). The lowest BCUT2D eigenvalue weighted by Crippen LogP contribution is -2.10. The minimum Gasteiger partial charge on any atom is -0.309 e. The van der Waals surface area contributed by atoms with Gasteiger partial charge in [-0.2, -0.15) is 0 Å². The van der Waals surface area contributed by atoms with Crippen molar-refractivity contribution in [3.8, 4) is 17.1 Å². The van der Waals surface area contributed by atoms with Crippen LogP contribution in [0.3, 0.4) is 0 Å². The Bertz CT molecular complexity index is 3970. The Hall–Kier alpha value is -7.40. The molecule has 0 fully saturated rings. The van der Waals surface area contributed by atoms with Crippen LogP contribution in [0.2, 0.25) is 0 Å². The molecule has 0 spiro atoms. The molecule has 336 valence electrons. The summed E-state index contributed by atoms with van der Waals surface area (Å²) < 4.78 is 9.93. The van der Waals surface area contributed by atoms with Gasteiger partial charge in [0.25, 0.3) is 0 Å². The van der Waals surface area contributed by atoms with Gasteiger partial charge in [0.05, 0.1) is 33.1 Å². The highest BCUT2D eigenvalue weighted by atomic mass is 32.1. The van der Waals surface area contributed by atoms with E-state index in [1.54, 1.807) is 0 Å². The van der Waals surface area contributed by atoms with Crippen molar-refractivity contribution in [2.75, 3.05) is 0 Å². The molecule has 0 aliphatic heterocycles. The van der Waals surface area contributed by atoms with Gasteiger partial charge in [0.1, 0.15) is 0 Å². The molecule has 0 N–H and O–H groups in total. The molecule has 4 heterocycles. The molecule has 68 heavy (non-hydrogen) atoms. The third kappa shape index (κ3) is 7.18. The van der Waals surface area contributed by atoms with Crippen molar-refractivity contribution in [2.45, 2.75) is 67.2 Å². The molecule has 4 aromatic heterocycles. The summed E-state index contributed by atoms with van der Waals surface area (Å²) in [6, 6.07) is 73.4. The van der Waals surface area contributed by atoms with E-state index in [-0.39, 0.29) is 25.7 Å². The van der Waals surface area contributed by atoms with Gasteiger partial charge in [-0.05, 0) is 107 Å². The smallest absolute Gasteiger partial charge is 0.0562 e. The number of fused-ring (bicyclic) bond motifs is 12. The SMILES string of the molecule is C.C.CC(C)(C)c1ccc(-n2c3ccccc3c3cc4c(cc32)sc2ccccc24)cc1.CC(C)(C)c1ccc(-n2c3ccccc3c3cc4c5ccccc5n(-c5ccccc5)c4cc32)cc1. The van der Waals surface area contributed by atoms with E-state index in [0.29, 0.717) is 0 Å². The van der Waals surface area contributed by atoms with Crippen LogP contribution in [0.25, 0.3) is 103 Å². The van der Waals surface area contributed by atoms with Crippen molar-refractivity contribution in [1.29, 1.82) is 0 Å². The van der Waals surface area contributed by atoms with E-state index in [2.05, 4.69) is 255 Å². The molecule has 0 amide bonds. The van der Waals surface area contributed by atoms with E-state index < -0.39 is 0 Å². The van der Waals surface area contributed by atoms with Crippen molar-refractivity contribution >= 4 is 96.9 Å². The van der Waals surface area contributed by atoms with Gasteiger partial charge < -0.3 is 13.7 Å². The zero-order valence-electron chi connectivity index (χ0n) is 38.3. The second-order valence-electron chi connectivity index (χ2n) is 19.8. The van der Waals surface area contributed by atoms with Gasteiger partial charge in [0.15, 0.2) is 0 Å². The van der Waals surface area contributed by atoms with Crippen LogP contribution in [0, 0.1) is 0 Å². The van der Waals surface area contributed by atoms with E-state index in [4.69, 9.17) is 0 Å². The molecule has 3 nitrogen and oxygen atoms in total. The average Bonchev–Trinajstić information content (AvgIpc) is 4.06. The Morgan fingerprint density at radius 3 is 1.07 bits per heavy atom. The van der Waals surface area contributed by atoms with Crippen molar-refractivity contribution in [2.24, 2.45) is 0 Å². The van der Waals surface area contributed by atoms with E-state index >= 15 is 0 Å². The fraction of sp³-hybridized carbons (Fsp3) is 0.156. The molecular formula is C64H59N3S. The van der Waals surface area contributed by atoms with Crippen molar-refractivity contribution in [3.05, 3.63) is 211 Å². The second kappa shape index (κ2) is 16.7. The van der Waals surface area contributed by atoms with Crippen LogP contribution in [0.5, 0.6) is 0 Å². The first kappa shape index (κ1) is 44.4. The first-order chi connectivity index (χ1) is 32.0. The van der Waals surface area contributed by atoms with Crippen LogP contribution in [0.1, 0.15) is 67.5 Å². The molecular weight excluding hydrogens is 843 g/mol. The van der Waals surface area contributed by atoms with Crippen LogP contribution in [-0.2, 0) is 10.8 Å². The number of aromatic nitrogens is 3. The first-order valence-corrected chi connectivity index (χ1v) is 23.9. The summed E-state index contributed by atoms with van der Waals surface area (Å²) in [6.45, 7) is 13.6. The lowest BCUT2D eigenvalue weighted by Gasteiger charge is -2.19. The number of nitrogens with zero attached hydrogens (tertiary/aromatic N) is 3. The first-order valence-electron chi connectivity index (χ1n) is 23.1. The van der Waals surface area contributed by atoms with Crippen LogP contribution in [-0.4, -0.2) is 13.7 Å². The van der Waals surface area contributed by atoms with Gasteiger partial charge >= 0.3 is 0 Å². The Kier molecular flexibility index (Phi) is 10.9. The summed E-state index contributed by atoms with van der Waals surface area (Å²) in [6.07, 6.45) is 0. The normalized spacial score (nSPS) is 12.0. The van der Waals surface area contributed by atoms with Gasteiger partial charge in [-0.25, -0.2) is 0 Å². The molecule has 9 aromatic carbocycles. The molecule has 4 heteroatoms. The molecule has 0 unspecified atom stereocenters. The van der Waals surface area contributed by atoms with Crippen LogP contribution in [0.15, 0.2) is 200 Å². The Balaban J connectivity index is 0.000000156. The van der Waals surface area contributed by atoms with Crippen molar-refractivity contribution in [3.63, 3.8) is 0 Å². The van der Waals surface area contributed by atoms with Gasteiger partial charge in [-0.1, -0.05) is 172 Å². The number of hydrogen-bond acceptors (Lipinski definition) is 1. The van der Waals surface area contributed by atoms with Gasteiger partial charge in [-0.3, -0.25) is 0 Å². The third-order valence-electron chi connectivity index (χ3n) is 13.6. The summed E-state index contributed by atoms with van der Waals surface area (Å²) in [5.41, 5.74) is 14.0. The van der Waals surface area contributed by atoms with Crippen LogP contribution >= 0.6 is 11.3 Å². The van der Waals surface area contributed by atoms with Crippen LogP contribution < -0.4 is 0 Å². The number of benzene rings is 9. The van der Waals surface area contributed by atoms with Crippen LogP contribution in [0.4, 0.5) is 0 Å². The summed E-state index contributed by atoms with van der Waals surface area (Å²) in [4.78, 5) is 0. The fourth-order valence-corrected chi connectivity index (χ4v) is 11.4. The molecule has 0 saturated heterocycles. The molecule has 0 bridgehead atoms. The van der Waals surface area contributed by atoms with Gasteiger partial charge in [-0.15, -0.1) is 11.3 Å². The zero-order valence-corrected chi connectivity index (χ0v) is 39.1. The van der Waals surface area contributed by atoms with E-state index in [1.165, 1.54) is 114 Å². The predicted octanol–water partition coefficient (Wildman–Crippen LogP) is 18.9. The number of rotatable bonds is 3. The third-order valence-corrected chi connectivity index (χ3v) is 14.8. The van der Waals surface area contributed by atoms with Crippen molar-refractivity contribution < 1.29 is 0 Å².